The van der Waals surface area contributed by atoms with Gasteiger partial charge in [-0.25, -0.2) is 0 Å². The first-order valence-electron chi connectivity index (χ1n) is 12.7. The number of carboxylic acid groups (broad SMARTS) is 1. The number of aliphatic carboxylic acids is 1. The number of rotatable bonds is 11. The number of aryl methyl sites for hydroxylation is 3. The third-order valence-electron chi connectivity index (χ3n) is 5.55. The minimum absolute atomic E-state index is 0.0512. The van der Waals surface area contributed by atoms with Crippen LogP contribution in [-0.4, -0.2) is 5.97 Å². The number of carboxylic acids is 1. The molecule has 0 N–H and O–H groups in total. The molecule has 3 aromatic rings. The fraction of sp³-hybridized carbons (Fsp3) is 0.387. The first-order valence-corrected chi connectivity index (χ1v) is 14.0. The van der Waals surface area contributed by atoms with Gasteiger partial charge in [0.1, 0.15) is 0 Å². The van der Waals surface area contributed by atoms with E-state index in [-0.39, 0.29) is 17.3 Å². The summed E-state index contributed by atoms with van der Waals surface area (Å²) in [6, 6.07) is 27.9. The van der Waals surface area contributed by atoms with Crippen molar-refractivity contribution in [3.8, 4) is 0 Å². The number of carbonyl (C=O) groups is 1. The SMILES string of the molecule is CCCC(=O)[O-].CCCc1ccc([S+](c2ccc(CCC)cc2)c2ccc(CCC)cc2)cc1. The van der Waals surface area contributed by atoms with E-state index < -0.39 is 5.97 Å². The molecule has 0 aromatic heterocycles. The number of hydrogen-bond acceptors (Lipinski definition) is 2. The van der Waals surface area contributed by atoms with Gasteiger partial charge in [0.05, 0.1) is 10.9 Å². The lowest BCUT2D eigenvalue weighted by molar-refractivity contribution is -0.305. The van der Waals surface area contributed by atoms with E-state index in [1.165, 1.54) is 50.6 Å². The molecule has 0 saturated heterocycles. The summed E-state index contributed by atoms with van der Waals surface area (Å²) in [6.45, 7) is 8.53. The van der Waals surface area contributed by atoms with Crippen LogP contribution in [0.5, 0.6) is 0 Å². The van der Waals surface area contributed by atoms with Crippen LogP contribution < -0.4 is 5.11 Å². The highest BCUT2D eigenvalue weighted by atomic mass is 32.2. The van der Waals surface area contributed by atoms with Crippen molar-refractivity contribution in [3.05, 3.63) is 89.5 Å². The zero-order valence-electron chi connectivity index (χ0n) is 21.3. The minimum atomic E-state index is -0.961. The Morgan fingerprint density at radius 2 is 0.853 bits per heavy atom. The lowest BCUT2D eigenvalue weighted by Gasteiger charge is -2.10. The number of carbonyl (C=O) groups excluding carboxylic acids is 1. The van der Waals surface area contributed by atoms with Gasteiger partial charge >= 0.3 is 0 Å². The van der Waals surface area contributed by atoms with Crippen LogP contribution in [0.3, 0.4) is 0 Å². The van der Waals surface area contributed by atoms with Crippen LogP contribution in [-0.2, 0) is 35.0 Å². The third kappa shape index (κ3) is 9.02. The van der Waals surface area contributed by atoms with Gasteiger partial charge in [0.15, 0.2) is 14.7 Å². The molecule has 0 unspecified atom stereocenters. The second-order valence-electron chi connectivity index (χ2n) is 8.61. The summed E-state index contributed by atoms with van der Waals surface area (Å²) in [4.78, 5) is 13.7. The van der Waals surface area contributed by atoms with Gasteiger partial charge in [-0.2, -0.15) is 0 Å². The summed E-state index contributed by atoms with van der Waals surface area (Å²) >= 11 is 0. The third-order valence-corrected chi connectivity index (χ3v) is 7.78. The van der Waals surface area contributed by atoms with E-state index in [1.807, 2.05) is 0 Å². The molecule has 0 atom stereocenters. The molecular weight excluding hydrogens is 436 g/mol. The maximum Gasteiger partial charge on any atom is 0.166 e. The molecule has 3 aromatic carbocycles. The van der Waals surface area contributed by atoms with E-state index in [0.29, 0.717) is 6.42 Å². The largest absolute Gasteiger partial charge is 0.550 e. The van der Waals surface area contributed by atoms with Crippen molar-refractivity contribution in [2.45, 2.75) is 93.7 Å². The number of hydrogen-bond donors (Lipinski definition) is 0. The zero-order chi connectivity index (χ0) is 24.8. The maximum atomic E-state index is 9.49. The van der Waals surface area contributed by atoms with Gasteiger partial charge in [-0.05, 0) is 78.8 Å². The molecule has 0 heterocycles. The van der Waals surface area contributed by atoms with Gasteiger partial charge in [0.2, 0.25) is 0 Å². The highest BCUT2D eigenvalue weighted by molar-refractivity contribution is 7.97. The fourth-order valence-electron chi connectivity index (χ4n) is 3.86. The minimum Gasteiger partial charge on any atom is -0.550 e. The van der Waals surface area contributed by atoms with Crippen molar-refractivity contribution in [2.75, 3.05) is 0 Å². The smallest absolute Gasteiger partial charge is 0.166 e. The van der Waals surface area contributed by atoms with E-state index >= 15 is 0 Å². The molecule has 0 spiro atoms. The Bertz CT molecular complexity index is 842. The molecule has 182 valence electrons. The topological polar surface area (TPSA) is 40.1 Å². The molecule has 0 aliphatic rings. The average Bonchev–Trinajstić information content (AvgIpc) is 2.83. The van der Waals surface area contributed by atoms with E-state index in [9.17, 15) is 9.90 Å². The first kappa shape index (κ1) is 27.7. The lowest BCUT2D eigenvalue weighted by atomic mass is 10.1. The highest BCUT2D eigenvalue weighted by Crippen LogP contribution is 2.32. The van der Waals surface area contributed by atoms with Crippen LogP contribution in [0.25, 0.3) is 0 Å². The Kier molecular flexibility index (Phi) is 12.6. The maximum absolute atomic E-state index is 9.49. The Morgan fingerprint density at radius 3 is 1.03 bits per heavy atom. The van der Waals surface area contributed by atoms with E-state index in [2.05, 4.69) is 93.6 Å². The molecular formula is C31H40O2S. The molecule has 34 heavy (non-hydrogen) atoms. The standard InChI is InChI=1S/C27H33S.C4H8O2/c1-4-7-22-10-16-25(17-11-22)28(26-18-12-23(8-5-2)13-19-26)27-20-14-24(9-6-3)15-21-27;1-2-3-4(5)6/h10-21H,4-9H2,1-3H3;2-3H2,1H3,(H,5,6)/q+1;/p-1. The second kappa shape index (κ2) is 15.4. The van der Waals surface area contributed by atoms with Gasteiger partial charge in [-0.15, -0.1) is 0 Å². The molecule has 0 radical (unpaired) electrons. The summed E-state index contributed by atoms with van der Waals surface area (Å²) in [6.07, 6.45) is 7.92. The van der Waals surface area contributed by atoms with E-state index in [0.717, 1.165) is 19.3 Å². The Morgan fingerprint density at radius 1 is 0.559 bits per heavy atom. The summed E-state index contributed by atoms with van der Waals surface area (Å²) < 4.78 is 0. The normalized spacial score (nSPS) is 10.6. The summed E-state index contributed by atoms with van der Waals surface area (Å²) in [7, 11) is -0.0512. The van der Waals surface area contributed by atoms with Gasteiger partial charge in [-0.3, -0.25) is 0 Å². The predicted molar refractivity (Wildman–Crippen MR) is 143 cm³/mol. The van der Waals surface area contributed by atoms with Crippen LogP contribution in [0.2, 0.25) is 0 Å². The summed E-state index contributed by atoms with van der Waals surface area (Å²) in [5.41, 5.74) is 4.31. The molecule has 0 bridgehead atoms. The predicted octanol–water partition coefficient (Wildman–Crippen LogP) is 7.18. The molecule has 3 rings (SSSR count). The molecule has 0 aliphatic heterocycles. The monoisotopic (exact) mass is 476 g/mol. The number of benzene rings is 3. The quantitative estimate of drug-likeness (QED) is 0.275. The molecule has 0 amide bonds. The Labute approximate surface area is 209 Å². The van der Waals surface area contributed by atoms with Crippen LogP contribution in [0.1, 0.15) is 76.5 Å². The fourth-order valence-corrected chi connectivity index (χ4v) is 5.90. The molecule has 0 saturated carbocycles. The highest BCUT2D eigenvalue weighted by Gasteiger charge is 2.28. The zero-order valence-corrected chi connectivity index (χ0v) is 22.1. The first-order chi connectivity index (χ1) is 16.5. The van der Waals surface area contributed by atoms with Crippen LogP contribution in [0.15, 0.2) is 87.5 Å². The summed E-state index contributed by atoms with van der Waals surface area (Å²) in [5.74, 6) is -0.961. The average molecular weight is 477 g/mol. The van der Waals surface area contributed by atoms with E-state index in [4.69, 9.17) is 0 Å². The Balaban J connectivity index is 0.000000604. The van der Waals surface area contributed by atoms with Crippen LogP contribution >= 0.6 is 0 Å². The van der Waals surface area contributed by atoms with Crippen molar-refractivity contribution < 1.29 is 9.90 Å². The van der Waals surface area contributed by atoms with Crippen LogP contribution in [0.4, 0.5) is 0 Å². The molecule has 3 heteroatoms. The second-order valence-corrected chi connectivity index (χ2v) is 10.6. The van der Waals surface area contributed by atoms with Gasteiger partial charge in [-0.1, -0.05) is 89.8 Å². The van der Waals surface area contributed by atoms with Crippen LogP contribution in [0, 0.1) is 0 Å². The summed E-state index contributed by atoms with van der Waals surface area (Å²) in [5, 5.41) is 9.49. The van der Waals surface area contributed by atoms with Crippen molar-refractivity contribution in [2.24, 2.45) is 0 Å². The molecule has 0 fully saturated rings. The van der Waals surface area contributed by atoms with Gasteiger partial charge < -0.3 is 9.90 Å². The Hall–Kier alpha value is -2.52. The van der Waals surface area contributed by atoms with Gasteiger partial charge in [0, 0.05) is 5.97 Å². The lowest BCUT2D eigenvalue weighted by Crippen LogP contribution is -2.20. The molecule has 0 aliphatic carbocycles. The van der Waals surface area contributed by atoms with Crippen molar-refractivity contribution in [3.63, 3.8) is 0 Å². The van der Waals surface area contributed by atoms with Crippen molar-refractivity contribution in [1.82, 2.24) is 0 Å². The van der Waals surface area contributed by atoms with E-state index in [1.54, 1.807) is 6.92 Å². The molecule has 2 nitrogen and oxygen atoms in total. The van der Waals surface area contributed by atoms with Crippen molar-refractivity contribution in [1.29, 1.82) is 0 Å². The van der Waals surface area contributed by atoms with Gasteiger partial charge in [0.25, 0.3) is 0 Å². The van der Waals surface area contributed by atoms with Crippen molar-refractivity contribution >= 4 is 16.9 Å².